The first-order valence-electron chi connectivity index (χ1n) is 6.77. The minimum Gasteiger partial charge on any atom is -0.478 e. The Labute approximate surface area is 131 Å². The molecule has 6 nitrogen and oxygen atoms in total. The Bertz CT molecular complexity index is 867. The number of fused-ring (bicyclic) bond motifs is 1. The van der Waals surface area contributed by atoms with Crippen molar-refractivity contribution in [1.82, 2.24) is 5.32 Å². The predicted molar refractivity (Wildman–Crippen MR) is 85.0 cm³/mol. The number of hydrogen-bond donors (Lipinski definition) is 3. The van der Waals surface area contributed by atoms with E-state index in [1.165, 1.54) is 12.1 Å². The Balaban J connectivity index is 1.96. The zero-order valence-corrected chi connectivity index (χ0v) is 11.9. The van der Waals surface area contributed by atoms with Crippen molar-refractivity contribution < 1.29 is 19.5 Å². The summed E-state index contributed by atoms with van der Waals surface area (Å²) < 4.78 is 0. The number of nitrogens with two attached hydrogens (primary N) is 1. The zero-order valence-electron chi connectivity index (χ0n) is 11.9. The summed E-state index contributed by atoms with van der Waals surface area (Å²) in [4.78, 5) is 34.4. The number of benzene rings is 2. The third-order valence-electron chi connectivity index (χ3n) is 3.56. The summed E-state index contributed by atoms with van der Waals surface area (Å²) in [5.41, 5.74) is 7.99. The number of anilines is 1. The lowest BCUT2D eigenvalue weighted by atomic mass is 10.00. The van der Waals surface area contributed by atoms with Gasteiger partial charge in [0.25, 0.3) is 11.8 Å². The highest BCUT2D eigenvalue weighted by Crippen LogP contribution is 2.27. The lowest BCUT2D eigenvalue weighted by molar-refractivity contribution is 0.0696. The number of amides is 2. The number of hydrogen-bond acceptors (Lipinski definition) is 4. The van der Waals surface area contributed by atoms with Crippen LogP contribution < -0.4 is 11.1 Å². The molecule has 2 aromatic carbocycles. The lowest BCUT2D eigenvalue weighted by Gasteiger charge is -2.04. The number of nitrogens with one attached hydrogen (secondary N) is 1. The Kier molecular flexibility index (Phi) is 3.42. The Morgan fingerprint density at radius 1 is 0.957 bits per heavy atom. The van der Waals surface area contributed by atoms with Gasteiger partial charge in [0.15, 0.2) is 0 Å². The van der Waals surface area contributed by atoms with Crippen molar-refractivity contribution in [3.8, 4) is 0 Å². The first-order valence-corrected chi connectivity index (χ1v) is 6.77. The van der Waals surface area contributed by atoms with E-state index < -0.39 is 17.8 Å². The van der Waals surface area contributed by atoms with E-state index in [1.807, 2.05) is 0 Å². The third-order valence-corrected chi connectivity index (χ3v) is 3.56. The molecule has 6 heteroatoms. The molecule has 0 saturated heterocycles. The van der Waals surface area contributed by atoms with Gasteiger partial charge in [-0.15, -0.1) is 0 Å². The average Bonchev–Trinajstić information content (AvgIpc) is 2.83. The van der Waals surface area contributed by atoms with Gasteiger partial charge in [0.2, 0.25) is 0 Å². The van der Waals surface area contributed by atoms with E-state index in [0.717, 1.165) is 5.56 Å². The van der Waals surface area contributed by atoms with E-state index in [9.17, 15) is 14.4 Å². The number of nitrogen functional groups attached to an aromatic ring is 1. The maximum absolute atomic E-state index is 11.9. The largest absolute Gasteiger partial charge is 0.478 e. The van der Waals surface area contributed by atoms with Crippen LogP contribution in [-0.4, -0.2) is 22.9 Å². The van der Waals surface area contributed by atoms with Crippen LogP contribution in [0.25, 0.3) is 12.2 Å². The summed E-state index contributed by atoms with van der Waals surface area (Å²) in [6.07, 6.45) is 3.42. The zero-order chi connectivity index (χ0) is 16.6. The molecule has 114 valence electrons. The smallest absolute Gasteiger partial charge is 0.335 e. The molecule has 0 bridgehead atoms. The molecule has 4 N–H and O–H groups in total. The number of carbonyl (C=O) groups is 3. The first-order chi connectivity index (χ1) is 11.0. The average molecular weight is 308 g/mol. The van der Waals surface area contributed by atoms with Crippen molar-refractivity contribution in [2.24, 2.45) is 0 Å². The molecule has 0 spiro atoms. The van der Waals surface area contributed by atoms with Crippen LogP contribution in [0.2, 0.25) is 0 Å². The van der Waals surface area contributed by atoms with Gasteiger partial charge in [-0.3, -0.25) is 14.9 Å². The lowest BCUT2D eigenvalue weighted by Crippen LogP contribution is -2.20. The van der Waals surface area contributed by atoms with E-state index in [1.54, 1.807) is 36.4 Å². The Morgan fingerprint density at radius 2 is 1.61 bits per heavy atom. The van der Waals surface area contributed by atoms with Crippen LogP contribution >= 0.6 is 0 Å². The molecule has 0 radical (unpaired) electrons. The summed E-state index contributed by atoms with van der Waals surface area (Å²) in [5, 5.41) is 11.1. The van der Waals surface area contributed by atoms with Gasteiger partial charge < -0.3 is 10.8 Å². The normalized spacial score (nSPS) is 13.2. The number of imide groups is 1. The van der Waals surface area contributed by atoms with Gasteiger partial charge in [0, 0.05) is 5.69 Å². The maximum atomic E-state index is 11.9. The molecular formula is C17H12N2O4. The fourth-order valence-electron chi connectivity index (χ4n) is 2.41. The second-order valence-corrected chi connectivity index (χ2v) is 5.04. The summed E-state index contributed by atoms with van der Waals surface area (Å²) in [7, 11) is 0. The van der Waals surface area contributed by atoms with Crippen molar-refractivity contribution >= 4 is 35.6 Å². The first kappa shape index (κ1) is 14.5. The second-order valence-electron chi connectivity index (χ2n) is 5.04. The standard InChI is InChI=1S/C17H12N2O4/c18-12-8-7-10(13-14(12)16(21)19-15(13)20)4-1-9-2-5-11(6-3-9)17(22)23/h1-8H,18H2,(H,22,23)(H,19,20,21). The topological polar surface area (TPSA) is 109 Å². The van der Waals surface area contributed by atoms with Crippen molar-refractivity contribution in [3.05, 3.63) is 64.2 Å². The van der Waals surface area contributed by atoms with E-state index in [0.29, 0.717) is 5.56 Å². The number of carboxylic acid groups (broad SMARTS) is 1. The molecule has 0 atom stereocenters. The van der Waals surface area contributed by atoms with Gasteiger partial charge in [-0.1, -0.05) is 30.4 Å². The molecule has 23 heavy (non-hydrogen) atoms. The molecule has 3 rings (SSSR count). The van der Waals surface area contributed by atoms with E-state index in [2.05, 4.69) is 5.32 Å². The molecule has 2 aromatic rings. The van der Waals surface area contributed by atoms with E-state index in [-0.39, 0.29) is 22.4 Å². The van der Waals surface area contributed by atoms with Crippen molar-refractivity contribution in [2.45, 2.75) is 0 Å². The fourth-order valence-corrected chi connectivity index (χ4v) is 2.41. The monoisotopic (exact) mass is 308 g/mol. The van der Waals surface area contributed by atoms with Crippen molar-refractivity contribution in [1.29, 1.82) is 0 Å². The SMILES string of the molecule is Nc1ccc(C=Cc2ccc(C(=O)O)cc2)c2c1C(=O)NC2=O. The fraction of sp³-hybridized carbons (Fsp3) is 0. The van der Waals surface area contributed by atoms with Gasteiger partial charge in [-0.2, -0.15) is 0 Å². The number of carbonyl (C=O) groups excluding carboxylic acids is 2. The molecule has 1 aliphatic heterocycles. The number of carboxylic acids is 1. The maximum Gasteiger partial charge on any atom is 0.335 e. The van der Waals surface area contributed by atoms with Crippen LogP contribution in [0.5, 0.6) is 0 Å². The molecule has 0 aliphatic carbocycles. The Hall–Kier alpha value is -3.41. The molecule has 2 amide bonds. The number of rotatable bonds is 3. The third kappa shape index (κ3) is 2.57. The second kappa shape index (κ2) is 5.42. The molecule has 0 aromatic heterocycles. The van der Waals surface area contributed by atoms with Crippen LogP contribution in [0.3, 0.4) is 0 Å². The van der Waals surface area contributed by atoms with Gasteiger partial charge in [0.1, 0.15) is 0 Å². The molecular weight excluding hydrogens is 296 g/mol. The van der Waals surface area contributed by atoms with Crippen molar-refractivity contribution in [2.75, 3.05) is 5.73 Å². The minimum absolute atomic E-state index is 0.193. The van der Waals surface area contributed by atoms with Gasteiger partial charge >= 0.3 is 5.97 Å². The van der Waals surface area contributed by atoms with Crippen molar-refractivity contribution in [3.63, 3.8) is 0 Å². The van der Waals surface area contributed by atoms with E-state index in [4.69, 9.17) is 10.8 Å². The molecule has 0 saturated carbocycles. The molecule has 0 fully saturated rings. The molecule has 1 heterocycles. The number of aromatic carboxylic acids is 1. The predicted octanol–water partition coefficient (Wildman–Crippen LogP) is 2.02. The Morgan fingerprint density at radius 3 is 2.26 bits per heavy atom. The molecule has 0 unspecified atom stereocenters. The summed E-state index contributed by atoms with van der Waals surface area (Å²) in [5.74, 6) is -1.96. The van der Waals surface area contributed by atoms with Gasteiger partial charge in [0.05, 0.1) is 16.7 Å². The molecule has 1 aliphatic rings. The quantitative estimate of drug-likeness (QED) is 0.456. The van der Waals surface area contributed by atoms with Crippen LogP contribution in [-0.2, 0) is 0 Å². The highest BCUT2D eigenvalue weighted by molar-refractivity contribution is 6.25. The summed E-state index contributed by atoms with van der Waals surface area (Å²) >= 11 is 0. The highest BCUT2D eigenvalue weighted by atomic mass is 16.4. The van der Waals surface area contributed by atoms with Crippen LogP contribution in [0, 0.1) is 0 Å². The summed E-state index contributed by atoms with van der Waals surface area (Å²) in [6, 6.07) is 9.53. The van der Waals surface area contributed by atoms with E-state index >= 15 is 0 Å². The summed E-state index contributed by atoms with van der Waals surface area (Å²) in [6.45, 7) is 0. The van der Waals surface area contributed by atoms with Crippen LogP contribution in [0.4, 0.5) is 5.69 Å². The van der Waals surface area contributed by atoms with Crippen LogP contribution in [0.15, 0.2) is 36.4 Å². The van der Waals surface area contributed by atoms with Gasteiger partial charge in [-0.05, 0) is 29.3 Å². The highest BCUT2D eigenvalue weighted by Gasteiger charge is 2.30. The van der Waals surface area contributed by atoms with Gasteiger partial charge in [-0.25, -0.2) is 4.79 Å². The minimum atomic E-state index is -0.993. The van der Waals surface area contributed by atoms with Crippen LogP contribution in [0.1, 0.15) is 42.2 Å².